The van der Waals surface area contributed by atoms with Crippen LogP contribution < -0.4 is 9.47 Å². The molecule has 0 spiro atoms. The minimum absolute atomic E-state index is 0.142. The van der Waals surface area contributed by atoms with Crippen molar-refractivity contribution in [3.05, 3.63) is 131 Å². The number of rotatable bonds is 9. The molecule has 0 saturated carbocycles. The van der Waals surface area contributed by atoms with Crippen LogP contribution in [0.1, 0.15) is 41.1 Å². The molecule has 2 aliphatic heterocycles. The summed E-state index contributed by atoms with van der Waals surface area (Å²) in [5, 5.41) is 0. The average molecular weight is 577 g/mol. The number of amides is 2. The highest BCUT2D eigenvalue weighted by Gasteiger charge is 2.54. The third-order valence-electron chi connectivity index (χ3n) is 8.60. The number of hydrogen-bond acceptors (Lipinski definition) is 6. The van der Waals surface area contributed by atoms with Gasteiger partial charge in [-0.2, -0.15) is 0 Å². The molecule has 220 valence electrons. The SMILES string of the molecule is COc1ccc([C@@H]2CN(Cc3ccccc3)C[C@]2(C)C(=O)N2C(=O)OC[C@H]2c2ccccc2)cc1OCc1ccccc1. The van der Waals surface area contributed by atoms with Gasteiger partial charge in [-0.05, 0) is 41.3 Å². The second kappa shape index (κ2) is 12.3. The van der Waals surface area contributed by atoms with Crippen molar-refractivity contribution in [2.45, 2.75) is 32.0 Å². The molecule has 0 unspecified atom stereocenters. The monoisotopic (exact) mass is 576 g/mol. The summed E-state index contributed by atoms with van der Waals surface area (Å²) < 4.78 is 17.3. The third-order valence-corrected chi connectivity index (χ3v) is 8.60. The molecule has 0 radical (unpaired) electrons. The van der Waals surface area contributed by atoms with Gasteiger partial charge < -0.3 is 14.2 Å². The lowest BCUT2D eigenvalue weighted by Gasteiger charge is -2.34. The zero-order chi connectivity index (χ0) is 29.8. The van der Waals surface area contributed by atoms with E-state index in [1.165, 1.54) is 10.5 Å². The molecule has 43 heavy (non-hydrogen) atoms. The Hall–Kier alpha value is -4.62. The molecule has 2 heterocycles. The quantitative estimate of drug-likeness (QED) is 0.224. The Morgan fingerprint density at radius 1 is 0.860 bits per heavy atom. The van der Waals surface area contributed by atoms with Crippen molar-refractivity contribution >= 4 is 12.0 Å². The highest BCUT2D eigenvalue weighted by molar-refractivity contribution is 5.97. The number of imide groups is 1. The van der Waals surface area contributed by atoms with Crippen LogP contribution in [0.2, 0.25) is 0 Å². The maximum absolute atomic E-state index is 14.6. The molecule has 2 aliphatic rings. The number of carbonyl (C=O) groups is 2. The number of methoxy groups -OCH3 is 1. The third kappa shape index (κ3) is 5.86. The molecule has 6 rings (SSSR count). The van der Waals surface area contributed by atoms with E-state index in [-0.39, 0.29) is 18.4 Å². The summed E-state index contributed by atoms with van der Waals surface area (Å²) >= 11 is 0. The van der Waals surface area contributed by atoms with Gasteiger partial charge >= 0.3 is 6.09 Å². The zero-order valence-electron chi connectivity index (χ0n) is 24.5. The van der Waals surface area contributed by atoms with E-state index < -0.39 is 17.6 Å². The van der Waals surface area contributed by atoms with Gasteiger partial charge in [0.05, 0.1) is 12.5 Å². The second-order valence-electron chi connectivity index (χ2n) is 11.5. The molecular formula is C36H36N2O5. The van der Waals surface area contributed by atoms with Gasteiger partial charge in [0.2, 0.25) is 5.91 Å². The predicted molar refractivity (Wildman–Crippen MR) is 164 cm³/mol. The molecule has 7 nitrogen and oxygen atoms in total. The fourth-order valence-corrected chi connectivity index (χ4v) is 6.35. The van der Waals surface area contributed by atoms with Crippen LogP contribution in [-0.2, 0) is 22.7 Å². The van der Waals surface area contributed by atoms with Gasteiger partial charge in [-0.1, -0.05) is 97.1 Å². The topological polar surface area (TPSA) is 68.3 Å². The summed E-state index contributed by atoms with van der Waals surface area (Å²) in [7, 11) is 1.62. The number of benzene rings is 4. The first-order chi connectivity index (χ1) is 21.0. The zero-order valence-corrected chi connectivity index (χ0v) is 24.5. The summed E-state index contributed by atoms with van der Waals surface area (Å²) in [5.74, 6) is 0.799. The minimum atomic E-state index is -0.906. The first-order valence-electron chi connectivity index (χ1n) is 14.6. The number of ether oxygens (including phenoxy) is 3. The molecule has 0 bridgehead atoms. The Kier molecular flexibility index (Phi) is 8.16. The number of cyclic esters (lactones) is 1. The number of likely N-dealkylation sites (tertiary alicyclic amines) is 1. The number of nitrogens with zero attached hydrogens (tertiary/aromatic N) is 2. The van der Waals surface area contributed by atoms with E-state index in [0.29, 0.717) is 37.7 Å². The van der Waals surface area contributed by atoms with Gasteiger partial charge in [0.15, 0.2) is 11.5 Å². The van der Waals surface area contributed by atoms with Crippen molar-refractivity contribution in [1.82, 2.24) is 9.80 Å². The smallest absolute Gasteiger partial charge is 0.417 e. The fraction of sp³-hybridized carbons (Fsp3) is 0.278. The lowest BCUT2D eigenvalue weighted by Crippen LogP contribution is -2.47. The molecule has 0 aromatic heterocycles. The van der Waals surface area contributed by atoms with E-state index in [1.807, 2.05) is 104 Å². The highest BCUT2D eigenvalue weighted by Crippen LogP contribution is 2.48. The van der Waals surface area contributed by atoms with Crippen LogP contribution in [0.15, 0.2) is 109 Å². The predicted octanol–water partition coefficient (Wildman–Crippen LogP) is 6.60. The first-order valence-corrected chi connectivity index (χ1v) is 14.6. The molecule has 2 amide bonds. The largest absolute Gasteiger partial charge is 0.493 e. The van der Waals surface area contributed by atoms with Crippen LogP contribution in [0, 0.1) is 5.41 Å². The average Bonchev–Trinajstić information content (AvgIpc) is 3.60. The van der Waals surface area contributed by atoms with E-state index in [1.54, 1.807) is 7.11 Å². The Morgan fingerprint density at radius 3 is 2.19 bits per heavy atom. The van der Waals surface area contributed by atoms with E-state index in [4.69, 9.17) is 14.2 Å². The molecule has 3 atom stereocenters. The first kappa shape index (κ1) is 28.5. The van der Waals surface area contributed by atoms with Crippen molar-refractivity contribution in [3.63, 3.8) is 0 Å². The van der Waals surface area contributed by atoms with Gasteiger partial charge in [0.1, 0.15) is 19.3 Å². The molecule has 0 N–H and O–H groups in total. The number of carbonyl (C=O) groups excluding carboxylic acids is 2. The second-order valence-corrected chi connectivity index (χ2v) is 11.5. The van der Waals surface area contributed by atoms with E-state index in [2.05, 4.69) is 17.0 Å². The molecule has 4 aromatic carbocycles. The van der Waals surface area contributed by atoms with E-state index in [0.717, 1.165) is 16.7 Å². The standard InChI is InChI=1S/C36H36N2O5/c1-36(34(39)38-31(24-43-35(38)40)28-16-10-5-11-17-28)25-37(21-26-12-6-3-7-13-26)22-30(36)29-18-19-32(41-2)33(20-29)42-23-27-14-8-4-9-15-27/h3-20,30-31H,21-25H2,1-2H3/t30-,31-,36-/m0/s1. The maximum Gasteiger partial charge on any atom is 0.417 e. The Labute approximate surface area is 252 Å². The Balaban J connectivity index is 1.35. The summed E-state index contributed by atoms with van der Waals surface area (Å²) in [6.45, 7) is 4.33. The lowest BCUT2D eigenvalue weighted by molar-refractivity contribution is -0.139. The van der Waals surface area contributed by atoms with Crippen LogP contribution >= 0.6 is 0 Å². The fourth-order valence-electron chi connectivity index (χ4n) is 6.35. The van der Waals surface area contributed by atoms with Crippen LogP contribution in [-0.4, -0.2) is 48.6 Å². The van der Waals surface area contributed by atoms with Gasteiger partial charge in [0, 0.05) is 25.6 Å². The summed E-state index contributed by atoms with van der Waals surface area (Å²) in [5.41, 5.74) is 3.14. The summed E-state index contributed by atoms with van der Waals surface area (Å²) in [6, 6.07) is 35.3. The molecule has 7 heteroatoms. The van der Waals surface area contributed by atoms with Crippen LogP contribution in [0.3, 0.4) is 0 Å². The molecular weight excluding hydrogens is 540 g/mol. The van der Waals surface area contributed by atoms with Crippen molar-refractivity contribution in [2.24, 2.45) is 5.41 Å². The normalized spacial score (nSPS) is 21.9. The van der Waals surface area contributed by atoms with Crippen molar-refractivity contribution in [2.75, 3.05) is 26.8 Å². The number of hydrogen-bond donors (Lipinski definition) is 0. The highest BCUT2D eigenvalue weighted by atomic mass is 16.6. The minimum Gasteiger partial charge on any atom is -0.493 e. The lowest BCUT2D eigenvalue weighted by atomic mass is 9.74. The molecule has 0 aliphatic carbocycles. The molecule has 2 fully saturated rings. The van der Waals surface area contributed by atoms with Gasteiger partial charge in [-0.25, -0.2) is 9.69 Å². The Bertz CT molecular complexity index is 1560. The van der Waals surface area contributed by atoms with E-state index in [9.17, 15) is 9.59 Å². The van der Waals surface area contributed by atoms with Crippen LogP contribution in [0.5, 0.6) is 11.5 Å². The Morgan fingerprint density at radius 2 is 1.51 bits per heavy atom. The van der Waals surface area contributed by atoms with Crippen LogP contribution in [0.4, 0.5) is 4.79 Å². The molecule has 2 saturated heterocycles. The maximum atomic E-state index is 14.6. The summed E-state index contributed by atoms with van der Waals surface area (Å²) in [4.78, 5) is 31.3. The van der Waals surface area contributed by atoms with Gasteiger partial charge in [-0.15, -0.1) is 0 Å². The van der Waals surface area contributed by atoms with Crippen molar-refractivity contribution in [1.29, 1.82) is 0 Å². The van der Waals surface area contributed by atoms with Gasteiger partial charge in [0.25, 0.3) is 0 Å². The van der Waals surface area contributed by atoms with E-state index >= 15 is 0 Å². The van der Waals surface area contributed by atoms with Crippen molar-refractivity contribution in [3.8, 4) is 11.5 Å². The molecule has 4 aromatic rings. The van der Waals surface area contributed by atoms with Crippen LogP contribution in [0.25, 0.3) is 0 Å². The van der Waals surface area contributed by atoms with Gasteiger partial charge in [-0.3, -0.25) is 9.69 Å². The summed E-state index contributed by atoms with van der Waals surface area (Å²) in [6.07, 6.45) is -0.595. The van der Waals surface area contributed by atoms with Crippen molar-refractivity contribution < 1.29 is 23.8 Å².